The third-order valence-electron chi connectivity index (χ3n) is 9.47. The Morgan fingerprint density at radius 1 is 0.567 bits per heavy atom. The maximum Gasteiger partial charge on any atom is 0.374 e. The van der Waals surface area contributed by atoms with Crippen molar-refractivity contribution >= 4 is 46.2 Å². The highest BCUT2D eigenvalue weighted by Gasteiger charge is 2.39. The second kappa shape index (κ2) is 25.1. The van der Waals surface area contributed by atoms with E-state index in [-0.39, 0.29) is 50.4 Å². The van der Waals surface area contributed by atoms with Crippen molar-refractivity contribution in [1.29, 1.82) is 0 Å². The summed E-state index contributed by atoms with van der Waals surface area (Å²) in [6, 6.07) is 18.4. The lowest BCUT2D eigenvalue weighted by molar-refractivity contribution is -0.169. The van der Waals surface area contributed by atoms with Crippen LogP contribution in [0.2, 0.25) is 0 Å². The number of carbonyl (C=O) groups excluding carboxylic acids is 6. The average Bonchev–Trinajstić information content (AvgIpc) is 3.24. The standard InChI is InChI=1S/C47H58O13/c1-8-9-10-12-34-14-15-36-26-37(17-16-35(36)25-34)38-18-19-42(39(27-38)13-11-22-56-43(50)32(2)3)57-28-47(29-58-44(51)33(4)5,30-59-45(52)40(48)20-23-54-6)31-60-46(53)41(49)21-24-55-7/h14-19,25-27H,2,4,8-13,20-24,28-31H2,1,3,5-7H3. The van der Waals surface area contributed by atoms with Gasteiger partial charge in [0.25, 0.3) is 0 Å². The number of esters is 4. The van der Waals surface area contributed by atoms with Gasteiger partial charge in [0.05, 0.1) is 19.8 Å². The Bertz CT molecular complexity index is 1960. The highest BCUT2D eigenvalue weighted by molar-refractivity contribution is 6.34. The summed E-state index contributed by atoms with van der Waals surface area (Å²) in [5.41, 5.74) is 2.57. The van der Waals surface area contributed by atoms with Crippen molar-refractivity contribution in [2.24, 2.45) is 5.41 Å². The minimum absolute atomic E-state index is 0.0238. The van der Waals surface area contributed by atoms with Crippen molar-refractivity contribution in [2.45, 2.75) is 72.1 Å². The Kier molecular flexibility index (Phi) is 20.4. The smallest absolute Gasteiger partial charge is 0.374 e. The molecule has 13 heteroatoms. The number of fused-ring (bicyclic) bond motifs is 1. The van der Waals surface area contributed by atoms with E-state index in [1.54, 1.807) is 13.0 Å². The molecule has 0 aliphatic rings. The molecule has 0 spiro atoms. The van der Waals surface area contributed by atoms with E-state index in [0.29, 0.717) is 18.6 Å². The minimum Gasteiger partial charge on any atom is -0.492 e. The van der Waals surface area contributed by atoms with Crippen LogP contribution < -0.4 is 4.74 Å². The Hall–Kier alpha value is -5.66. The lowest BCUT2D eigenvalue weighted by Crippen LogP contribution is -2.45. The molecule has 0 aliphatic heterocycles. The van der Waals surface area contributed by atoms with Gasteiger partial charge in [-0.05, 0) is 90.8 Å². The zero-order chi connectivity index (χ0) is 44.1. The first kappa shape index (κ1) is 48.7. The van der Waals surface area contributed by atoms with E-state index in [9.17, 15) is 28.8 Å². The van der Waals surface area contributed by atoms with E-state index in [1.807, 2.05) is 12.1 Å². The van der Waals surface area contributed by atoms with Gasteiger partial charge < -0.3 is 33.2 Å². The zero-order valence-corrected chi connectivity index (χ0v) is 35.5. The lowest BCUT2D eigenvalue weighted by atomic mass is 9.91. The molecule has 0 aromatic heterocycles. The van der Waals surface area contributed by atoms with Crippen molar-refractivity contribution in [3.8, 4) is 16.9 Å². The number of benzene rings is 3. The molecule has 13 nitrogen and oxygen atoms in total. The van der Waals surface area contributed by atoms with E-state index < -0.39 is 60.7 Å². The number of methoxy groups -OCH3 is 2. The van der Waals surface area contributed by atoms with Crippen LogP contribution in [0.1, 0.15) is 70.4 Å². The summed E-state index contributed by atoms with van der Waals surface area (Å²) in [4.78, 5) is 75.3. The normalized spacial score (nSPS) is 11.1. The fourth-order valence-electron chi connectivity index (χ4n) is 5.87. The van der Waals surface area contributed by atoms with Gasteiger partial charge in [-0.2, -0.15) is 0 Å². The molecule has 0 unspecified atom stereocenters. The fraction of sp³-hybridized carbons (Fsp3) is 0.447. The first-order chi connectivity index (χ1) is 28.7. The summed E-state index contributed by atoms with van der Waals surface area (Å²) in [7, 11) is 2.75. The monoisotopic (exact) mass is 830 g/mol. The molecule has 3 rings (SSSR count). The minimum atomic E-state index is -1.62. The number of carbonyl (C=O) groups is 6. The van der Waals surface area contributed by atoms with Crippen molar-refractivity contribution in [1.82, 2.24) is 0 Å². The quantitative estimate of drug-likeness (QED) is 0.0240. The highest BCUT2D eigenvalue weighted by atomic mass is 16.6. The van der Waals surface area contributed by atoms with Crippen LogP contribution in [0.5, 0.6) is 5.75 Å². The van der Waals surface area contributed by atoms with Crippen LogP contribution in [-0.2, 0) is 70.0 Å². The summed E-state index contributed by atoms with van der Waals surface area (Å²) in [5.74, 6) is -5.05. The van der Waals surface area contributed by atoms with Crippen LogP contribution in [0.4, 0.5) is 0 Å². The Morgan fingerprint density at radius 2 is 1.10 bits per heavy atom. The summed E-state index contributed by atoms with van der Waals surface area (Å²) < 4.78 is 37.9. The van der Waals surface area contributed by atoms with Crippen molar-refractivity contribution in [3.05, 3.63) is 90.0 Å². The molecule has 0 heterocycles. The van der Waals surface area contributed by atoms with Crippen LogP contribution in [0.3, 0.4) is 0 Å². The topological polar surface area (TPSA) is 167 Å². The number of hydrogen-bond acceptors (Lipinski definition) is 13. The number of aryl methyl sites for hydroxylation is 2. The van der Waals surface area contributed by atoms with Crippen LogP contribution >= 0.6 is 0 Å². The number of ketones is 2. The first-order valence-corrected chi connectivity index (χ1v) is 20.0. The molecule has 60 heavy (non-hydrogen) atoms. The molecule has 3 aromatic rings. The van der Waals surface area contributed by atoms with Gasteiger partial charge in [0, 0.05) is 38.2 Å². The van der Waals surface area contributed by atoms with Crippen LogP contribution in [0.15, 0.2) is 78.9 Å². The number of hydrogen-bond donors (Lipinski definition) is 0. The Balaban J connectivity index is 2.02. The summed E-state index contributed by atoms with van der Waals surface area (Å²) in [5, 5.41) is 2.22. The molecule has 0 radical (unpaired) electrons. The second-order valence-electron chi connectivity index (χ2n) is 14.8. The van der Waals surface area contributed by atoms with E-state index in [1.165, 1.54) is 33.1 Å². The lowest BCUT2D eigenvalue weighted by Gasteiger charge is -2.32. The van der Waals surface area contributed by atoms with E-state index in [4.69, 9.17) is 33.2 Å². The van der Waals surface area contributed by atoms with Gasteiger partial charge in [-0.1, -0.05) is 69.3 Å². The second-order valence-corrected chi connectivity index (χ2v) is 14.8. The molecule has 0 N–H and O–H groups in total. The van der Waals surface area contributed by atoms with E-state index in [2.05, 4.69) is 56.5 Å². The number of ether oxygens (including phenoxy) is 7. The largest absolute Gasteiger partial charge is 0.492 e. The van der Waals surface area contributed by atoms with Gasteiger partial charge in [-0.3, -0.25) is 9.59 Å². The van der Waals surface area contributed by atoms with Gasteiger partial charge in [0.15, 0.2) is 0 Å². The van der Waals surface area contributed by atoms with E-state index >= 15 is 0 Å². The van der Waals surface area contributed by atoms with Gasteiger partial charge in [-0.15, -0.1) is 0 Å². The molecule has 3 aromatic carbocycles. The highest BCUT2D eigenvalue weighted by Crippen LogP contribution is 2.32. The van der Waals surface area contributed by atoms with Crippen LogP contribution in [0, 0.1) is 5.41 Å². The molecule has 0 amide bonds. The predicted molar refractivity (Wildman–Crippen MR) is 225 cm³/mol. The van der Waals surface area contributed by atoms with Crippen LogP contribution in [-0.4, -0.2) is 95.9 Å². The number of unbranched alkanes of at least 4 members (excludes halogenated alkanes) is 2. The fourth-order valence-corrected chi connectivity index (χ4v) is 5.87. The summed E-state index contributed by atoms with van der Waals surface area (Å²) in [6.07, 6.45) is 4.83. The third-order valence-corrected chi connectivity index (χ3v) is 9.47. The van der Waals surface area contributed by atoms with Crippen molar-refractivity contribution < 1.29 is 61.9 Å². The van der Waals surface area contributed by atoms with Gasteiger partial charge in [0.2, 0.25) is 11.6 Å². The predicted octanol–water partition coefficient (Wildman–Crippen LogP) is 7.07. The summed E-state index contributed by atoms with van der Waals surface area (Å²) >= 11 is 0. The molecular formula is C47H58O13. The third kappa shape index (κ3) is 15.8. The number of Topliss-reactive ketones (excluding diaryl/α,β-unsaturated/α-hetero) is 2. The van der Waals surface area contributed by atoms with Gasteiger partial charge in [0.1, 0.15) is 37.6 Å². The van der Waals surface area contributed by atoms with Crippen LogP contribution in [0.25, 0.3) is 21.9 Å². The molecule has 0 bridgehead atoms. The average molecular weight is 831 g/mol. The zero-order valence-electron chi connectivity index (χ0n) is 35.5. The van der Waals surface area contributed by atoms with Gasteiger partial charge in [-0.25, -0.2) is 19.2 Å². The SMILES string of the molecule is C=C(C)C(=O)OCCCc1cc(-c2ccc3cc(CCCCC)ccc3c2)ccc1OCC(COC(=O)C(=C)C)(COC(=O)C(=O)CCOC)COC(=O)C(=O)CCOC. The van der Waals surface area contributed by atoms with Crippen molar-refractivity contribution in [3.63, 3.8) is 0 Å². The maximum absolute atomic E-state index is 12.8. The molecular weight excluding hydrogens is 773 g/mol. The molecule has 0 aliphatic carbocycles. The molecule has 0 atom stereocenters. The molecule has 0 saturated carbocycles. The first-order valence-electron chi connectivity index (χ1n) is 20.0. The van der Waals surface area contributed by atoms with Crippen molar-refractivity contribution in [2.75, 3.05) is 60.5 Å². The maximum atomic E-state index is 12.8. The molecule has 0 fully saturated rings. The number of rotatable bonds is 28. The Morgan fingerprint density at radius 3 is 1.68 bits per heavy atom. The summed E-state index contributed by atoms with van der Waals surface area (Å²) in [6.45, 7) is 10.3. The van der Waals surface area contributed by atoms with E-state index in [0.717, 1.165) is 46.7 Å². The molecule has 324 valence electrons. The Labute approximate surface area is 352 Å². The molecule has 0 saturated heterocycles. The van der Waals surface area contributed by atoms with Gasteiger partial charge >= 0.3 is 23.9 Å².